The highest BCUT2D eigenvalue weighted by molar-refractivity contribution is 5.87. The molecule has 0 bridgehead atoms. The Morgan fingerprint density at radius 1 is 1.65 bits per heavy atom. The topological polar surface area (TPSA) is 82.3 Å². The standard InChI is InChI=1S/C11H12N2O4/c1-2-17-10(14)11(5-6-11)9-8(13(15)16)4-3-7-12-9/h3-4,7H,2,5-6H2,1H3. The minimum atomic E-state index is -0.889. The van der Waals surface area contributed by atoms with Gasteiger partial charge >= 0.3 is 5.97 Å². The van der Waals surface area contributed by atoms with Gasteiger partial charge in [0.1, 0.15) is 11.1 Å². The van der Waals surface area contributed by atoms with Crippen LogP contribution in [0.2, 0.25) is 0 Å². The number of ether oxygens (including phenoxy) is 1. The van der Waals surface area contributed by atoms with Crippen LogP contribution in [0.1, 0.15) is 25.5 Å². The summed E-state index contributed by atoms with van der Waals surface area (Å²) in [5.74, 6) is -0.415. The van der Waals surface area contributed by atoms with E-state index < -0.39 is 16.3 Å². The molecule has 1 aromatic heterocycles. The fraction of sp³-hybridized carbons (Fsp3) is 0.455. The Morgan fingerprint density at radius 3 is 2.88 bits per heavy atom. The van der Waals surface area contributed by atoms with Gasteiger partial charge in [-0.05, 0) is 25.8 Å². The second-order valence-electron chi connectivity index (χ2n) is 3.93. The first-order chi connectivity index (χ1) is 8.12. The third kappa shape index (κ3) is 1.86. The third-order valence-electron chi connectivity index (χ3n) is 2.85. The molecule has 0 radical (unpaired) electrons. The largest absolute Gasteiger partial charge is 0.465 e. The van der Waals surface area contributed by atoms with E-state index in [0.29, 0.717) is 12.8 Å². The van der Waals surface area contributed by atoms with Gasteiger partial charge in [-0.2, -0.15) is 0 Å². The lowest BCUT2D eigenvalue weighted by Gasteiger charge is -2.12. The van der Waals surface area contributed by atoms with Crippen LogP contribution in [0, 0.1) is 10.1 Å². The number of hydrogen-bond acceptors (Lipinski definition) is 5. The number of hydrogen-bond donors (Lipinski definition) is 0. The van der Waals surface area contributed by atoms with Crippen LogP contribution in [-0.4, -0.2) is 22.5 Å². The van der Waals surface area contributed by atoms with Gasteiger partial charge in [0, 0.05) is 12.3 Å². The summed E-state index contributed by atoms with van der Waals surface area (Å²) in [6.07, 6.45) is 2.58. The summed E-state index contributed by atoms with van der Waals surface area (Å²) in [5.41, 5.74) is -0.777. The van der Waals surface area contributed by atoms with Gasteiger partial charge in [0.15, 0.2) is 0 Å². The molecule has 0 aliphatic heterocycles. The SMILES string of the molecule is CCOC(=O)C1(c2ncccc2[N+](=O)[O-])CC1. The monoisotopic (exact) mass is 236 g/mol. The van der Waals surface area contributed by atoms with E-state index in [1.807, 2.05) is 0 Å². The number of aromatic nitrogens is 1. The van der Waals surface area contributed by atoms with E-state index in [2.05, 4.69) is 4.98 Å². The van der Waals surface area contributed by atoms with Gasteiger partial charge in [-0.25, -0.2) is 0 Å². The highest BCUT2D eigenvalue weighted by Crippen LogP contribution is 2.50. The van der Waals surface area contributed by atoms with Gasteiger partial charge in [-0.1, -0.05) is 0 Å². The lowest BCUT2D eigenvalue weighted by molar-refractivity contribution is -0.386. The van der Waals surface area contributed by atoms with E-state index in [1.54, 1.807) is 6.92 Å². The fourth-order valence-electron chi connectivity index (χ4n) is 1.84. The Labute approximate surface area is 97.8 Å². The Morgan fingerprint density at radius 2 is 2.35 bits per heavy atom. The van der Waals surface area contributed by atoms with Crippen LogP contribution in [0.4, 0.5) is 5.69 Å². The van der Waals surface area contributed by atoms with Crippen molar-refractivity contribution in [1.29, 1.82) is 0 Å². The summed E-state index contributed by atoms with van der Waals surface area (Å²) in [4.78, 5) is 26.2. The van der Waals surface area contributed by atoms with Crippen molar-refractivity contribution in [2.24, 2.45) is 0 Å². The summed E-state index contributed by atoms with van der Waals surface area (Å²) in [6, 6.07) is 2.85. The molecule has 2 rings (SSSR count). The molecule has 6 heteroatoms. The second kappa shape index (κ2) is 4.12. The molecule has 90 valence electrons. The van der Waals surface area contributed by atoms with Crippen molar-refractivity contribution < 1.29 is 14.5 Å². The molecule has 0 amide bonds. The van der Waals surface area contributed by atoms with E-state index in [1.165, 1.54) is 18.3 Å². The van der Waals surface area contributed by atoms with E-state index in [9.17, 15) is 14.9 Å². The Balaban J connectivity index is 2.40. The number of nitrogens with zero attached hydrogens (tertiary/aromatic N) is 2. The minimum absolute atomic E-state index is 0.113. The van der Waals surface area contributed by atoms with Crippen LogP contribution in [0.3, 0.4) is 0 Å². The molecule has 0 atom stereocenters. The second-order valence-corrected chi connectivity index (χ2v) is 3.93. The van der Waals surface area contributed by atoms with Gasteiger partial charge in [0.2, 0.25) is 0 Å². The normalized spacial score (nSPS) is 16.3. The van der Waals surface area contributed by atoms with Crippen molar-refractivity contribution in [3.63, 3.8) is 0 Å². The lowest BCUT2D eigenvalue weighted by atomic mass is 10.0. The minimum Gasteiger partial charge on any atom is -0.465 e. The molecule has 1 aliphatic rings. The van der Waals surface area contributed by atoms with Crippen LogP contribution < -0.4 is 0 Å². The Kier molecular flexibility index (Phi) is 2.79. The van der Waals surface area contributed by atoms with Gasteiger partial charge in [-0.3, -0.25) is 19.9 Å². The summed E-state index contributed by atoms with van der Waals surface area (Å²) in [6.45, 7) is 1.97. The molecule has 0 aromatic carbocycles. The van der Waals surface area contributed by atoms with Crippen molar-refractivity contribution in [2.45, 2.75) is 25.2 Å². The molecular formula is C11H12N2O4. The van der Waals surface area contributed by atoms with Crippen LogP contribution >= 0.6 is 0 Å². The highest BCUT2D eigenvalue weighted by atomic mass is 16.6. The fourth-order valence-corrected chi connectivity index (χ4v) is 1.84. The van der Waals surface area contributed by atoms with Crippen LogP contribution in [0.5, 0.6) is 0 Å². The summed E-state index contributed by atoms with van der Waals surface area (Å²) < 4.78 is 4.96. The average Bonchev–Trinajstić information content (AvgIpc) is 3.10. The maximum absolute atomic E-state index is 11.8. The van der Waals surface area contributed by atoms with Crippen molar-refractivity contribution in [3.8, 4) is 0 Å². The van der Waals surface area contributed by atoms with Crippen LogP contribution in [0.25, 0.3) is 0 Å². The predicted octanol–water partition coefficient (Wildman–Crippen LogP) is 1.58. The molecule has 1 heterocycles. The zero-order chi connectivity index (χ0) is 12.5. The molecule has 1 saturated carbocycles. The number of carbonyl (C=O) groups is 1. The molecule has 0 N–H and O–H groups in total. The number of esters is 1. The van der Waals surface area contributed by atoms with Gasteiger partial charge in [-0.15, -0.1) is 0 Å². The summed E-state index contributed by atoms with van der Waals surface area (Å²) in [5, 5.41) is 10.9. The smallest absolute Gasteiger partial charge is 0.318 e. The van der Waals surface area contributed by atoms with Crippen molar-refractivity contribution >= 4 is 11.7 Å². The van der Waals surface area contributed by atoms with Gasteiger partial charge < -0.3 is 4.74 Å². The Hall–Kier alpha value is -1.98. The molecular weight excluding hydrogens is 224 g/mol. The zero-order valence-electron chi connectivity index (χ0n) is 9.38. The molecule has 0 spiro atoms. The van der Waals surface area contributed by atoms with Crippen molar-refractivity contribution in [3.05, 3.63) is 34.1 Å². The Bertz CT molecular complexity index is 468. The third-order valence-corrected chi connectivity index (χ3v) is 2.85. The molecule has 1 aliphatic carbocycles. The van der Waals surface area contributed by atoms with Crippen LogP contribution in [0.15, 0.2) is 18.3 Å². The average molecular weight is 236 g/mol. The molecule has 0 unspecified atom stereocenters. The molecule has 0 saturated heterocycles. The number of rotatable bonds is 4. The van der Waals surface area contributed by atoms with E-state index in [4.69, 9.17) is 4.74 Å². The summed E-state index contributed by atoms with van der Waals surface area (Å²) in [7, 11) is 0. The van der Waals surface area contributed by atoms with E-state index in [0.717, 1.165) is 0 Å². The first kappa shape index (κ1) is 11.5. The maximum atomic E-state index is 11.8. The lowest BCUT2D eigenvalue weighted by Crippen LogP contribution is -2.25. The maximum Gasteiger partial charge on any atom is 0.318 e. The van der Waals surface area contributed by atoms with Gasteiger partial charge in [0.25, 0.3) is 5.69 Å². The van der Waals surface area contributed by atoms with E-state index >= 15 is 0 Å². The molecule has 1 fully saturated rings. The molecule has 1 aromatic rings. The van der Waals surface area contributed by atoms with Gasteiger partial charge in [0.05, 0.1) is 11.5 Å². The molecule has 17 heavy (non-hydrogen) atoms. The number of pyridine rings is 1. The van der Waals surface area contributed by atoms with Crippen LogP contribution in [-0.2, 0) is 14.9 Å². The van der Waals surface area contributed by atoms with E-state index in [-0.39, 0.29) is 18.0 Å². The zero-order valence-corrected chi connectivity index (χ0v) is 9.38. The number of carbonyl (C=O) groups excluding carboxylic acids is 1. The molecule has 6 nitrogen and oxygen atoms in total. The quantitative estimate of drug-likeness (QED) is 0.450. The summed E-state index contributed by atoms with van der Waals surface area (Å²) >= 11 is 0. The highest BCUT2D eigenvalue weighted by Gasteiger charge is 2.57. The first-order valence-corrected chi connectivity index (χ1v) is 5.39. The predicted molar refractivity (Wildman–Crippen MR) is 58.4 cm³/mol. The van der Waals surface area contributed by atoms with Crippen molar-refractivity contribution in [1.82, 2.24) is 4.98 Å². The van der Waals surface area contributed by atoms with Crippen molar-refractivity contribution in [2.75, 3.05) is 6.61 Å². The first-order valence-electron chi connectivity index (χ1n) is 5.39. The number of nitro groups is 1.